The van der Waals surface area contributed by atoms with Crippen LogP contribution in [0.2, 0.25) is 0 Å². The van der Waals surface area contributed by atoms with Crippen LogP contribution in [0.3, 0.4) is 0 Å². The van der Waals surface area contributed by atoms with Gasteiger partial charge in [-0.2, -0.15) is 0 Å². The van der Waals surface area contributed by atoms with Gasteiger partial charge in [0.05, 0.1) is 6.61 Å². The first-order chi connectivity index (χ1) is 8.47. The second-order valence-corrected chi connectivity index (χ2v) is 4.94. The van der Waals surface area contributed by atoms with Crippen LogP contribution in [-0.2, 0) is 9.53 Å². The van der Waals surface area contributed by atoms with E-state index in [2.05, 4.69) is 21.2 Å². The summed E-state index contributed by atoms with van der Waals surface area (Å²) in [5.41, 5.74) is 7.06. The van der Waals surface area contributed by atoms with Gasteiger partial charge in [-0.25, -0.2) is 4.79 Å². The zero-order chi connectivity index (χ0) is 13.7. The molecule has 0 aliphatic heterocycles. The monoisotopic (exact) mass is 330 g/mol. The van der Waals surface area contributed by atoms with E-state index in [1.807, 2.05) is 18.2 Å². The number of benzene rings is 1. The maximum atomic E-state index is 11.6. The number of thiocarbonyl (C=S) groups is 1. The third kappa shape index (κ3) is 3.68. The Morgan fingerprint density at radius 2 is 2.28 bits per heavy atom. The number of nitrogens with two attached hydrogens (primary N) is 1. The van der Waals surface area contributed by atoms with E-state index in [4.69, 9.17) is 22.7 Å². The van der Waals surface area contributed by atoms with Crippen molar-refractivity contribution < 1.29 is 9.53 Å². The summed E-state index contributed by atoms with van der Waals surface area (Å²) in [5.74, 6) is -0.314. The van der Waals surface area contributed by atoms with E-state index in [1.54, 1.807) is 13.8 Å². The zero-order valence-corrected chi connectivity index (χ0v) is 12.6. The standard InChI is InChI=1S/C12H15BrN2O2S/c1-3-17-12(16)7(2)15-9-6-4-5-8(13)10(9)11(14)18/h4-7,15H,3H2,1-2H3,(H2,14,18). The molecule has 3 N–H and O–H groups in total. The van der Waals surface area contributed by atoms with Crippen LogP contribution in [0, 0.1) is 0 Å². The lowest BCUT2D eigenvalue weighted by molar-refractivity contribution is -0.143. The first kappa shape index (κ1) is 14.9. The molecule has 0 fully saturated rings. The number of anilines is 1. The summed E-state index contributed by atoms with van der Waals surface area (Å²) in [5, 5.41) is 3.05. The van der Waals surface area contributed by atoms with Crippen LogP contribution < -0.4 is 11.1 Å². The number of halogens is 1. The molecule has 4 nitrogen and oxygen atoms in total. The number of hydrogen-bond donors (Lipinski definition) is 2. The Morgan fingerprint density at radius 1 is 1.61 bits per heavy atom. The normalized spacial score (nSPS) is 11.7. The minimum absolute atomic E-state index is 0.265. The summed E-state index contributed by atoms with van der Waals surface area (Å²) in [4.78, 5) is 11.8. The van der Waals surface area contributed by atoms with E-state index in [-0.39, 0.29) is 11.0 Å². The van der Waals surface area contributed by atoms with Crippen molar-refractivity contribution in [1.29, 1.82) is 0 Å². The van der Waals surface area contributed by atoms with Crippen LogP contribution in [-0.4, -0.2) is 23.6 Å². The first-order valence-corrected chi connectivity index (χ1v) is 6.69. The van der Waals surface area contributed by atoms with Gasteiger partial charge < -0.3 is 15.8 Å². The highest BCUT2D eigenvalue weighted by Gasteiger charge is 2.17. The van der Waals surface area contributed by atoms with Crippen molar-refractivity contribution in [2.45, 2.75) is 19.9 Å². The molecule has 1 aromatic carbocycles. The molecule has 0 radical (unpaired) electrons. The number of esters is 1. The second kappa shape index (κ2) is 6.70. The molecule has 0 heterocycles. The fourth-order valence-electron chi connectivity index (χ4n) is 1.45. The highest BCUT2D eigenvalue weighted by molar-refractivity contribution is 9.10. The van der Waals surface area contributed by atoms with Gasteiger partial charge in [0.15, 0.2) is 0 Å². The summed E-state index contributed by atoms with van der Waals surface area (Å²) < 4.78 is 5.72. The lowest BCUT2D eigenvalue weighted by atomic mass is 10.1. The van der Waals surface area contributed by atoms with E-state index in [9.17, 15) is 4.79 Å². The fraction of sp³-hybridized carbons (Fsp3) is 0.333. The van der Waals surface area contributed by atoms with Crippen LogP contribution in [0.5, 0.6) is 0 Å². The maximum absolute atomic E-state index is 11.6. The quantitative estimate of drug-likeness (QED) is 0.641. The molecule has 1 unspecified atom stereocenters. The van der Waals surface area contributed by atoms with Crippen molar-refractivity contribution in [3.05, 3.63) is 28.2 Å². The van der Waals surface area contributed by atoms with Crippen molar-refractivity contribution in [2.24, 2.45) is 5.73 Å². The van der Waals surface area contributed by atoms with Gasteiger partial charge >= 0.3 is 5.97 Å². The molecule has 1 atom stereocenters. The van der Waals surface area contributed by atoms with Gasteiger partial charge in [0, 0.05) is 15.7 Å². The van der Waals surface area contributed by atoms with Gasteiger partial charge in [-0.1, -0.05) is 18.3 Å². The van der Waals surface area contributed by atoms with E-state index >= 15 is 0 Å². The van der Waals surface area contributed by atoms with Gasteiger partial charge in [-0.05, 0) is 41.9 Å². The first-order valence-electron chi connectivity index (χ1n) is 5.48. The predicted molar refractivity (Wildman–Crippen MR) is 79.7 cm³/mol. The van der Waals surface area contributed by atoms with Crippen LogP contribution in [0.25, 0.3) is 0 Å². The summed E-state index contributed by atoms with van der Waals surface area (Å²) in [6, 6.07) is 5.03. The molecule has 1 rings (SSSR count). The average molecular weight is 331 g/mol. The second-order valence-electron chi connectivity index (χ2n) is 3.64. The maximum Gasteiger partial charge on any atom is 0.328 e. The molecule has 0 saturated carbocycles. The van der Waals surface area contributed by atoms with Crippen molar-refractivity contribution in [3.63, 3.8) is 0 Å². The predicted octanol–water partition coefficient (Wildman–Crippen LogP) is 2.45. The Bertz CT molecular complexity index is 465. The molecular weight excluding hydrogens is 316 g/mol. The smallest absolute Gasteiger partial charge is 0.328 e. The Morgan fingerprint density at radius 3 is 2.83 bits per heavy atom. The van der Waals surface area contributed by atoms with Crippen molar-refractivity contribution in [1.82, 2.24) is 0 Å². The van der Waals surface area contributed by atoms with Crippen LogP contribution in [0.1, 0.15) is 19.4 Å². The largest absolute Gasteiger partial charge is 0.464 e. The zero-order valence-electron chi connectivity index (χ0n) is 10.2. The molecule has 0 bridgehead atoms. The molecular formula is C12H15BrN2O2S. The molecule has 98 valence electrons. The molecule has 0 aliphatic carbocycles. The summed E-state index contributed by atoms with van der Waals surface area (Å²) >= 11 is 8.38. The Labute approximate surface area is 120 Å². The van der Waals surface area contributed by atoms with E-state index in [0.29, 0.717) is 17.9 Å². The molecule has 18 heavy (non-hydrogen) atoms. The molecule has 0 saturated heterocycles. The highest BCUT2D eigenvalue weighted by Crippen LogP contribution is 2.25. The van der Waals surface area contributed by atoms with Gasteiger partial charge in [-0.3, -0.25) is 0 Å². The molecule has 6 heteroatoms. The SMILES string of the molecule is CCOC(=O)C(C)Nc1cccc(Br)c1C(N)=S. The number of carbonyl (C=O) groups excluding carboxylic acids is 1. The van der Waals surface area contributed by atoms with E-state index in [1.165, 1.54) is 0 Å². The number of ether oxygens (including phenoxy) is 1. The van der Waals surface area contributed by atoms with Crippen LogP contribution >= 0.6 is 28.1 Å². The molecule has 0 aliphatic rings. The average Bonchev–Trinajstić information content (AvgIpc) is 2.28. The van der Waals surface area contributed by atoms with Crippen molar-refractivity contribution in [2.75, 3.05) is 11.9 Å². The van der Waals surface area contributed by atoms with Gasteiger partial charge in [0.1, 0.15) is 11.0 Å². The highest BCUT2D eigenvalue weighted by atomic mass is 79.9. The summed E-state index contributed by atoms with van der Waals surface area (Å²) in [7, 11) is 0. The van der Waals surface area contributed by atoms with Crippen molar-refractivity contribution in [3.8, 4) is 0 Å². The fourth-order valence-corrected chi connectivity index (χ4v) is 2.39. The summed E-state index contributed by atoms with van der Waals surface area (Å²) in [6.45, 7) is 3.85. The van der Waals surface area contributed by atoms with E-state index < -0.39 is 6.04 Å². The van der Waals surface area contributed by atoms with Gasteiger partial charge in [0.25, 0.3) is 0 Å². The number of rotatable bonds is 5. The molecule has 1 aromatic rings. The van der Waals surface area contributed by atoms with Gasteiger partial charge in [-0.15, -0.1) is 0 Å². The van der Waals surface area contributed by atoms with Gasteiger partial charge in [0.2, 0.25) is 0 Å². The third-order valence-corrected chi connectivity index (χ3v) is 3.14. The molecule has 0 aromatic heterocycles. The lowest BCUT2D eigenvalue weighted by Crippen LogP contribution is -2.29. The van der Waals surface area contributed by atoms with Crippen LogP contribution in [0.15, 0.2) is 22.7 Å². The van der Waals surface area contributed by atoms with Crippen molar-refractivity contribution >= 4 is 44.8 Å². The molecule has 0 spiro atoms. The third-order valence-electron chi connectivity index (χ3n) is 2.27. The summed E-state index contributed by atoms with van der Waals surface area (Å²) in [6.07, 6.45) is 0. The Balaban J connectivity index is 2.94. The number of nitrogens with one attached hydrogen (secondary N) is 1. The lowest BCUT2D eigenvalue weighted by Gasteiger charge is -2.17. The Hall–Kier alpha value is -1.14. The van der Waals surface area contributed by atoms with Crippen LogP contribution in [0.4, 0.5) is 5.69 Å². The van der Waals surface area contributed by atoms with E-state index in [0.717, 1.165) is 4.47 Å². The number of hydrogen-bond acceptors (Lipinski definition) is 4. The minimum Gasteiger partial charge on any atom is -0.464 e. The minimum atomic E-state index is -0.465. The molecule has 0 amide bonds. The Kier molecular flexibility index (Phi) is 5.55. The topological polar surface area (TPSA) is 64.3 Å². The number of carbonyl (C=O) groups is 1.